The summed E-state index contributed by atoms with van der Waals surface area (Å²) in [5.74, 6) is -1.18. The maximum Gasteiger partial charge on any atom is 0.326 e. The molecule has 1 aromatic rings. The van der Waals surface area contributed by atoms with Crippen LogP contribution in [0.15, 0.2) is 18.2 Å². The summed E-state index contributed by atoms with van der Waals surface area (Å²) in [7, 11) is 0. The zero-order valence-corrected chi connectivity index (χ0v) is 12.5. The Morgan fingerprint density at radius 1 is 1.35 bits per heavy atom. The summed E-state index contributed by atoms with van der Waals surface area (Å²) in [4.78, 5) is 24.9. The second-order valence-corrected chi connectivity index (χ2v) is 5.79. The van der Waals surface area contributed by atoms with Crippen LogP contribution in [0, 0.1) is 0 Å². The molecule has 20 heavy (non-hydrogen) atoms. The summed E-state index contributed by atoms with van der Waals surface area (Å²) in [5.41, 5.74) is 0.729. The van der Waals surface area contributed by atoms with Crippen molar-refractivity contribution < 1.29 is 14.7 Å². The predicted molar refractivity (Wildman–Crippen MR) is 77.1 cm³/mol. The van der Waals surface area contributed by atoms with Crippen LogP contribution in [0.25, 0.3) is 0 Å². The normalized spacial score (nSPS) is 15.8. The first kappa shape index (κ1) is 15.1. The van der Waals surface area contributed by atoms with E-state index in [-0.39, 0.29) is 18.4 Å². The second kappa shape index (κ2) is 6.02. The average Bonchev–Trinajstić information content (AvgIpc) is 3.18. The molecule has 2 rings (SSSR count). The number of aliphatic carboxylic acids is 1. The number of carbonyl (C=O) groups is 2. The number of nitrogens with zero attached hydrogens (tertiary/aromatic N) is 1. The predicted octanol–water partition coefficient (Wildman–Crippen LogP) is 3.00. The van der Waals surface area contributed by atoms with Crippen LogP contribution in [-0.4, -0.2) is 34.0 Å². The largest absolute Gasteiger partial charge is 0.480 e. The highest BCUT2D eigenvalue weighted by molar-refractivity contribution is 6.42. The van der Waals surface area contributed by atoms with E-state index < -0.39 is 12.0 Å². The van der Waals surface area contributed by atoms with Gasteiger partial charge in [0.25, 0.3) is 0 Å². The Morgan fingerprint density at radius 3 is 2.50 bits per heavy atom. The number of hydrogen-bond donors (Lipinski definition) is 1. The van der Waals surface area contributed by atoms with Crippen LogP contribution < -0.4 is 0 Å². The molecule has 1 aliphatic carbocycles. The second-order valence-electron chi connectivity index (χ2n) is 4.97. The van der Waals surface area contributed by atoms with Crippen LogP contribution in [0.1, 0.15) is 25.3 Å². The van der Waals surface area contributed by atoms with Crippen LogP contribution in [0.3, 0.4) is 0 Å². The van der Waals surface area contributed by atoms with Gasteiger partial charge in [-0.15, -0.1) is 0 Å². The molecule has 1 N–H and O–H groups in total. The monoisotopic (exact) mass is 315 g/mol. The van der Waals surface area contributed by atoms with Crippen molar-refractivity contribution in [3.8, 4) is 0 Å². The van der Waals surface area contributed by atoms with Gasteiger partial charge in [-0.25, -0.2) is 4.79 Å². The molecule has 1 aromatic carbocycles. The molecule has 0 spiro atoms. The van der Waals surface area contributed by atoms with E-state index in [0.717, 1.165) is 18.4 Å². The van der Waals surface area contributed by atoms with Gasteiger partial charge in [0.1, 0.15) is 6.04 Å². The van der Waals surface area contributed by atoms with Crippen molar-refractivity contribution in [3.05, 3.63) is 33.8 Å². The molecule has 108 valence electrons. The van der Waals surface area contributed by atoms with Gasteiger partial charge in [0.2, 0.25) is 5.91 Å². The first-order valence-electron chi connectivity index (χ1n) is 6.38. The Balaban J connectivity index is 2.12. The van der Waals surface area contributed by atoms with Gasteiger partial charge >= 0.3 is 5.97 Å². The molecule has 0 bridgehead atoms. The van der Waals surface area contributed by atoms with Crippen molar-refractivity contribution in [2.24, 2.45) is 0 Å². The van der Waals surface area contributed by atoms with Gasteiger partial charge in [0.15, 0.2) is 0 Å². The van der Waals surface area contributed by atoms with E-state index >= 15 is 0 Å². The van der Waals surface area contributed by atoms with Gasteiger partial charge in [0, 0.05) is 6.04 Å². The standard InChI is InChI=1S/C14H15Cl2NO3/c1-8(14(19)20)17(10-3-4-10)13(18)7-9-2-5-11(15)12(16)6-9/h2,5-6,8,10H,3-4,7H2,1H3,(H,19,20). The minimum Gasteiger partial charge on any atom is -0.480 e. The van der Waals surface area contributed by atoms with Crippen molar-refractivity contribution in [3.63, 3.8) is 0 Å². The number of carbonyl (C=O) groups excluding carboxylic acids is 1. The lowest BCUT2D eigenvalue weighted by molar-refractivity contribution is -0.149. The van der Waals surface area contributed by atoms with E-state index in [9.17, 15) is 9.59 Å². The smallest absolute Gasteiger partial charge is 0.326 e. The number of amides is 1. The van der Waals surface area contributed by atoms with Crippen LogP contribution >= 0.6 is 23.2 Å². The van der Waals surface area contributed by atoms with Gasteiger partial charge in [-0.1, -0.05) is 29.3 Å². The summed E-state index contributed by atoms with van der Waals surface area (Å²) in [5, 5.41) is 9.91. The average molecular weight is 316 g/mol. The van der Waals surface area contributed by atoms with Crippen molar-refractivity contribution in [2.45, 2.75) is 38.3 Å². The molecule has 0 radical (unpaired) electrons. The summed E-state index contributed by atoms with van der Waals surface area (Å²) in [6.45, 7) is 1.54. The van der Waals surface area contributed by atoms with Gasteiger partial charge in [-0.3, -0.25) is 4.79 Å². The molecule has 1 atom stereocenters. The third-order valence-electron chi connectivity index (χ3n) is 3.34. The summed E-state index contributed by atoms with van der Waals surface area (Å²) in [6.07, 6.45) is 1.86. The van der Waals surface area contributed by atoms with E-state index in [4.69, 9.17) is 28.3 Å². The van der Waals surface area contributed by atoms with Crippen molar-refractivity contribution in [1.82, 2.24) is 4.90 Å². The van der Waals surface area contributed by atoms with Crippen molar-refractivity contribution >= 4 is 35.1 Å². The number of carboxylic acid groups (broad SMARTS) is 1. The SMILES string of the molecule is CC(C(=O)O)N(C(=O)Cc1ccc(Cl)c(Cl)c1)C1CC1. The quantitative estimate of drug-likeness (QED) is 0.908. The van der Waals surface area contributed by atoms with Crippen LogP contribution in [0.5, 0.6) is 0 Å². The fraction of sp³-hybridized carbons (Fsp3) is 0.429. The molecule has 0 aromatic heterocycles. The van der Waals surface area contributed by atoms with Crippen LogP contribution in [-0.2, 0) is 16.0 Å². The van der Waals surface area contributed by atoms with E-state index in [2.05, 4.69) is 0 Å². The Labute approximate surface area is 127 Å². The van der Waals surface area contributed by atoms with E-state index in [1.807, 2.05) is 0 Å². The third kappa shape index (κ3) is 3.44. The Bertz CT molecular complexity index is 543. The first-order valence-corrected chi connectivity index (χ1v) is 7.13. The topological polar surface area (TPSA) is 57.6 Å². The maximum atomic E-state index is 12.3. The summed E-state index contributed by atoms with van der Waals surface area (Å²) in [6, 6.07) is 4.24. The van der Waals surface area contributed by atoms with Gasteiger partial charge < -0.3 is 10.0 Å². The molecule has 1 saturated carbocycles. The van der Waals surface area contributed by atoms with Gasteiger partial charge in [-0.2, -0.15) is 0 Å². The lowest BCUT2D eigenvalue weighted by Crippen LogP contribution is -2.45. The molecule has 6 heteroatoms. The molecule has 1 unspecified atom stereocenters. The third-order valence-corrected chi connectivity index (χ3v) is 4.08. The molecule has 0 heterocycles. The zero-order valence-electron chi connectivity index (χ0n) is 11.0. The number of halogens is 2. The number of hydrogen-bond acceptors (Lipinski definition) is 2. The minimum atomic E-state index is -0.987. The molecule has 0 aliphatic heterocycles. The maximum absolute atomic E-state index is 12.3. The van der Waals surface area contributed by atoms with Crippen molar-refractivity contribution in [2.75, 3.05) is 0 Å². The summed E-state index contributed by atoms with van der Waals surface area (Å²) >= 11 is 11.7. The molecular formula is C14H15Cl2NO3. The van der Waals surface area contributed by atoms with Crippen molar-refractivity contribution in [1.29, 1.82) is 0 Å². The molecule has 1 aliphatic rings. The minimum absolute atomic E-state index is 0.0522. The Morgan fingerprint density at radius 2 is 2.00 bits per heavy atom. The fourth-order valence-electron chi connectivity index (χ4n) is 2.12. The molecule has 1 fully saturated rings. The van der Waals surface area contributed by atoms with E-state index in [0.29, 0.717) is 10.0 Å². The number of rotatable bonds is 5. The summed E-state index contributed by atoms with van der Waals surface area (Å²) < 4.78 is 0. The highest BCUT2D eigenvalue weighted by Crippen LogP contribution is 2.30. The van der Waals surface area contributed by atoms with Gasteiger partial charge in [-0.05, 0) is 37.5 Å². The van der Waals surface area contributed by atoms with Crippen LogP contribution in [0.4, 0.5) is 0 Å². The Hall–Kier alpha value is -1.26. The zero-order chi connectivity index (χ0) is 14.9. The lowest BCUT2D eigenvalue weighted by atomic mass is 10.1. The first-order chi connectivity index (χ1) is 9.40. The van der Waals surface area contributed by atoms with E-state index in [1.165, 1.54) is 11.8 Å². The highest BCUT2D eigenvalue weighted by Gasteiger charge is 2.38. The van der Waals surface area contributed by atoms with E-state index in [1.54, 1.807) is 18.2 Å². The molecule has 1 amide bonds. The Kier molecular flexibility index (Phi) is 4.55. The highest BCUT2D eigenvalue weighted by atomic mass is 35.5. The number of benzene rings is 1. The number of carboxylic acids is 1. The van der Waals surface area contributed by atoms with Crippen LogP contribution in [0.2, 0.25) is 10.0 Å². The molecule has 0 saturated heterocycles. The molecular weight excluding hydrogens is 301 g/mol. The molecule has 4 nitrogen and oxygen atoms in total. The van der Waals surface area contributed by atoms with Gasteiger partial charge in [0.05, 0.1) is 16.5 Å². The fourth-order valence-corrected chi connectivity index (χ4v) is 2.44. The lowest BCUT2D eigenvalue weighted by Gasteiger charge is -2.26.